The Labute approximate surface area is 169 Å². The number of fused-ring (bicyclic) bond motifs is 3. The number of ether oxygens (including phenoxy) is 1. The van der Waals surface area contributed by atoms with Gasteiger partial charge in [0.2, 0.25) is 11.8 Å². The first-order chi connectivity index (χ1) is 14.1. The van der Waals surface area contributed by atoms with Crippen LogP contribution in [0.3, 0.4) is 0 Å². The van der Waals surface area contributed by atoms with Crippen molar-refractivity contribution in [2.75, 3.05) is 6.61 Å². The van der Waals surface area contributed by atoms with E-state index < -0.39 is 0 Å². The second-order valence-electron chi connectivity index (χ2n) is 8.27. The summed E-state index contributed by atoms with van der Waals surface area (Å²) in [4.78, 5) is 40.5. The van der Waals surface area contributed by atoms with Gasteiger partial charge in [0.25, 0.3) is 5.91 Å². The number of likely N-dealkylation sites (tertiary alicyclic amines) is 1. The molecule has 3 saturated heterocycles. The van der Waals surface area contributed by atoms with Crippen LogP contribution in [-0.2, 0) is 14.4 Å². The maximum atomic E-state index is 12.9. The van der Waals surface area contributed by atoms with E-state index in [0.717, 1.165) is 23.6 Å². The van der Waals surface area contributed by atoms with Gasteiger partial charge in [0.05, 0.1) is 0 Å². The van der Waals surface area contributed by atoms with Gasteiger partial charge in [0, 0.05) is 31.0 Å². The van der Waals surface area contributed by atoms with Gasteiger partial charge in [-0.05, 0) is 48.6 Å². The minimum Gasteiger partial charge on any atom is -0.484 e. The van der Waals surface area contributed by atoms with Crippen molar-refractivity contribution >= 4 is 28.5 Å². The number of carbonyl (C=O) groups is 3. The maximum absolute atomic E-state index is 12.9. The van der Waals surface area contributed by atoms with Gasteiger partial charge in [0.1, 0.15) is 5.75 Å². The molecule has 3 amide bonds. The molecule has 2 aromatic rings. The third-order valence-electron chi connectivity index (χ3n) is 6.53. The Morgan fingerprint density at radius 3 is 2.24 bits per heavy atom. The summed E-state index contributed by atoms with van der Waals surface area (Å²) in [5.74, 6) is 0.563. The predicted octanol–water partition coefficient (Wildman–Crippen LogP) is 2.89. The fraction of sp³-hybridized carbons (Fsp3) is 0.435. The summed E-state index contributed by atoms with van der Waals surface area (Å²) in [6.45, 7) is 0.0115. The molecule has 0 N–H and O–H groups in total. The molecular formula is C23H24N2O4. The van der Waals surface area contributed by atoms with Gasteiger partial charge in [-0.1, -0.05) is 30.3 Å². The van der Waals surface area contributed by atoms with Crippen molar-refractivity contribution < 1.29 is 19.1 Å². The molecule has 3 heterocycles. The normalized spacial score (nSPS) is 26.4. The number of carbonyl (C=O) groups excluding carboxylic acids is 3. The maximum Gasteiger partial charge on any atom is 0.261 e. The van der Waals surface area contributed by atoms with E-state index in [2.05, 4.69) is 0 Å². The van der Waals surface area contributed by atoms with Gasteiger partial charge in [-0.3, -0.25) is 19.3 Å². The molecule has 0 aliphatic carbocycles. The molecule has 3 aliphatic rings. The lowest BCUT2D eigenvalue weighted by Crippen LogP contribution is -2.54. The van der Waals surface area contributed by atoms with E-state index in [1.165, 1.54) is 4.90 Å². The fourth-order valence-corrected chi connectivity index (χ4v) is 5.24. The van der Waals surface area contributed by atoms with Gasteiger partial charge < -0.3 is 9.64 Å². The zero-order valence-electron chi connectivity index (χ0n) is 16.3. The lowest BCUT2D eigenvalue weighted by Gasteiger charge is -2.41. The molecule has 2 atom stereocenters. The van der Waals surface area contributed by atoms with E-state index in [9.17, 15) is 14.4 Å². The number of imide groups is 1. The molecule has 3 fully saturated rings. The van der Waals surface area contributed by atoms with E-state index in [1.54, 1.807) is 0 Å². The van der Waals surface area contributed by atoms with Crippen LogP contribution in [0.25, 0.3) is 10.8 Å². The zero-order valence-corrected chi connectivity index (χ0v) is 16.3. The third-order valence-corrected chi connectivity index (χ3v) is 6.53. The lowest BCUT2D eigenvalue weighted by molar-refractivity contribution is -0.145. The van der Waals surface area contributed by atoms with Gasteiger partial charge in [0.15, 0.2) is 6.61 Å². The van der Waals surface area contributed by atoms with Crippen LogP contribution in [0, 0.1) is 0 Å². The number of rotatable bonds is 4. The predicted molar refractivity (Wildman–Crippen MR) is 107 cm³/mol. The molecule has 5 rings (SSSR count). The molecule has 2 bridgehead atoms. The molecule has 0 aromatic heterocycles. The Balaban J connectivity index is 1.24. The average molecular weight is 392 g/mol. The molecule has 0 spiro atoms. The number of amides is 3. The Morgan fingerprint density at radius 2 is 1.55 bits per heavy atom. The van der Waals surface area contributed by atoms with E-state index in [4.69, 9.17) is 4.74 Å². The van der Waals surface area contributed by atoms with E-state index >= 15 is 0 Å². The van der Waals surface area contributed by atoms with E-state index in [-0.39, 0.29) is 42.5 Å². The number of hydrogen-bond donors (Lipinski definition) is 0. The average Bonchev–Trinajstić information content (AvgIpc) is 3.21. The van der Waals surface area contributed by atoms with Gasteiger partial charge in [-0.25, -0.2) is 0 Å². The summed E-state index contributed by atoms with van der Waals surface area (Å²) in [5.41, 5.74) is 0. The molecule has 6 heteroatoms. The van der Waals surface area contributed by atoms with Crippen LogP contribution in [-0.4, -0.2) is 52.3 Å². The zero-order chi connectivity index (χ0) is 20.0. The summed E-state index contributed by atoms with van der Waals surface area (Å²) >= 11 is 0. The van der Waals surface area contributed by atoms with Crippen molar-refractivity contribution in [3.63, 3.8) is 0 Å². The quantitative estimate of drug-likeness (QED) is 0.751. The van der Waals surface area contributed by atoms with Crippen molar-refractivity contribution in [2.24, 2.45) is 0 Å². The van der Waals surface area contributed by atoms with Crippen LogP contribution in [0.4, 0.5) is 0 Å². The van der Waals surface area contributed by atoms with Crippen LogP contribution >= 0.6 is 0 Å². The van der Waals surface area contributed by atoms with Crippen LogP contribution in [0.15, 0.2) is 42.5 Å². The van der Waals surface area contributed by atoms with Gasteiger partial charge in [-0.2, -0.15) is 0 Å². The summed E-state index contributed by atoms with van der Waals surface area (Å²) in [6.07, 6.45) is 3.89. The van der Waals surface area contributed by atoms with Crippen LogP contribution < -0.4 is 4.74 Å². The summed E-state index contributed by atoms with van der Waals surface area (Å²) in [7, 11) is 0. The van der Waals surface area contributed by atoms with E-state index in [0.29, 0.717) is 31.4 Å². The minimum atomic E-state index is -0.0567. The first-order valence-corrected chi connectivity index (χ1v) is 10.4. The molecule has 0 radical (unpaired) electrons. The number of hydrogen-bond acceptors (Lipinski definition) is 4. The van der Waals surface area contributed by atoms with E-state index in [1.807, 2.05) is 47.4 Å². The monoisotopic (exact) mass is 392 g/mol. The summed E-state index contributed by atoms with van der Waals surface area (Å²) in [6, 6.07) is 14.0. The van der Waals surface area contributed by atoms with Crippen LogP contribution in [0.2, 0.25) is 0 Å². The van der Waals surface area contributed by atoms with Gasteiger partial charge in [-0.15, -0.1) is 0 Å². The van der Waals surface area contributed by atoms with Crippen LogP contribution in [0.5, 0.6) is 5.75 Å². The highest BCUT2D eigenvalue weighted by atomic mass is 16.5. The molecule has 3 aliphatic heterocycles. The Bertz CT molecular complexity index is 958. The highest BCUT2D eigenvalue weighted by Gasteiger charge is 2.47. The van der Waals surface area contributed by atoms with Crippen molar-refractivity contribution in [2.45, 2.75) is 56.7 Å². The highest BCUT2D eigenvalue weighted by molar-refractivity contribution is 6.02. The Morgan fingerprint density at radius 1 is 0.897 bits per heavy atom. The number of benzene rings is 2. The molecule has 150 valence electrons. The van der Waals surface area contributed by atoms with Crippen LogP contribution in [0.1, 0.15) is 38.5 Å². The topological polar surface area (TPSA) is 66.9 Å². The Kier molecular flexibility index (Phi) is 4.49. The molecule has 29 heavy (non-hydrogen) atoms. The molecule has 2 aromatic carbocycles. The second kappa shape index (κ2) is 7.17. The first-order valence-electron chi connectivity index (χ1n) is 10.4. The van der Waals surface area contributed by atoms with Crippen molar-refractivity contribution in [3.05, 3.63) is 42.5 Å². The lowest BCUT2D eigenvalue weighted by atomic mass is 9.96. The molecular weight excluding hydrogens is 368 g/mol. The first kappa shape index (κ1) is 18.2. The smallest absolute Gasteiger partial charge is 0.261 e. The minimum absolute atomic E-state index is 0.0109. The van der Waals surface area contributed by atoms with Gasteiger partial charge >= 0.3 is 0 Å². The van der Waals surface area contributed by atoms with Crippen molar-refractivity contribution in [1.82, 2.24) is 9.80 Å². The Hall–Kier alpha value is -2.89. The van der Waals surface area contributed by atoms with Crippen molar-refractivity contribution in [1.29, 1.82) is 0 Å². The highest BCUT2D eigenvalue weighted by Crippen LogP contribution is 2.39. The molecule has 0 saturated carbocycles. The standard InChI is InChI=1S/C23H24N2O4/c26-21-9-10-22(27)25(21)19-12-17-6-7-18(13-19)24(17)23(28)14-29-20-8-5-15-3-1-2-4-16(15)11-20/h1-5,8,11,17-19H,6-7,9-10,12-14H2. The summed E-state index contributed by atoms with van der Waals surface area (Å²) in [5, 5.41) is 2.22. The fourth-order valence-electron chi connectivity index (χ4n) is 5.24. The number of piperidine rings is 1. The molecule has 2 unspecified atom stereocenters. The second-order valence-corrected chi connectivity index (χ2v) is 8.27. The van der Waals surface area contributed by atoms with Crippen molar-refractivity contribution in [3.8, 4) is 5.75 Å². The summed E-state index contributed by atoms with van der Waals surface area (Å²) < 4.78 is 5.80. The third kappa shape index (κ3) is 3.26. The largest absolute Gasteiger partial charge is 0.484 e. The number of nitrogens with zero attached hydrogens (tertiary/aromatic N) is 2. The molecule has 6 nitrogen and oxygen atoms in total. The SMILES string of the molecule is O=C1CCC(=O)N1C1CC2CCC(C1)N2C(=O)COc1ccc2ccccc2c1.